The number of aromatic nitrogens is 1. The number of carboxylic acids is 1. The summed E-state index contributed by atoms with van der Waals surface area (Å²) in [5.41, 5.74) is 2.87. The molecule has 0 aliphatic carbocycles. The minimum absolute atomic E-state index is 0.0533. The topological polar surface area (TPSA) is 59.4 Å². The Balaban J connectivity index is 1.60. The summed E-state index contributed by atoms with van der Waals surface area (Å²) in [5, 5.41) is 11.3. The fourth-order valence-electron chi connectivity index (χ4n) is 2.17. The summed E-state index contributed by atoms with van der Waals surface area (Å²) in [6, 6.07) is 18.0. The van der Waals surface area contributed by atoms with E-state index in [-0.39, 0.29) is 6.42 Å². The first-order valence-corrected chi connectivity index (χ1v) is 8.02. The number of rotatable bonds is 6. The van der Waals surface area contributed by atoms with Gasteiger partial charge >= 0.3 is 5.97 Å². The van der Waals surface area contributed by atoms with Gasteiger partial charge in [0.1, 0.15) is 17.4 Å². The number of nitrogens with zero attached hydrogens (tertiary/aromatic N) is 1. The van der Waals surface area contributed by atoms with Crippen LogP contribution >= 0.6 is 11.3 Å². The smallest absolute Gasteiger partial charge is 0.309 e. The molecule has 0 amide bonds. The molecular formula is C18H15NO3S. The maximum absolute atomic E-state index is 10.6. The maximum atomic E-state index is 10.6. The van der Waals surface area contributed by atoms with Crippen LogP contribution in [0.15, 0.2) is 60.0 Å². The normalized spacial score (nSPS) is 10.4. The molecule has 5 heteroatoms. The Bertz CT molecular complexity index is 782. The van der Waals surface area contributed by atoms with E-state index in [9.17, 15) is 4.79 Å². The van der Waals surface area contributed by atoms with Crippen molar-refractivity contribution in [1.29, 1.82) is 0 Å². The van der Waals surface area contributed by atoms with Gasteiger partial charge in [0.15, 0.2) is 0 Å². The fourth-order valence-corrected chi connectivity index (χ4v) is 2.88. The van der Waals surface area contributed by atoms with Gasteiger partial charge in [-0.25, -0.2) is 4.98 Å². The Hall–Kier alpha value is -2.66. The van der Waals surface area contributed by atoms with Crippen LogP contribution in [0.2, 0.25) is 0 Å². The highest BCUT2D eigenvalue weighted by molar-refractivity contribution is 7.09. The molecular weight excluding hydrogens is 310 g/mol. The molecule has 1 N–H and O–H groups in total. The fraction of sp³-hybridized carbons (Fsp3) is 0.111. The average Bonchev–Trinajstić information content (AvgIpc) is 3.01. The second-order valence-corrected chi connectivity index (χ2v) is 5.92. The zero-order valence-electron chi connectivity index (χ0n) is 12.3. The Labute approximate surface area is 138 Å². The van der Waals surface area contributed by atoms with Crippen LogP contribution in [0.4, 0.5) is 0 Å². The van der Waals surface area contributed by atoms with Gasteiger partial charge in [-0.1, -0.05) is 42.5 Å². The van der Waals surface area contributed by atoms with Crippen molar-refractivity contribution >= 4 is 17.3 Å². The Kier molecular flexibility index (Phi) is 4.68. The predicted octanol–water partition coefficient (Wildman–Crippen LogP) is 4.02. The minimum Gasteiger partial charge on any atom is -0.486 e. The molecule has 4 nitrogen and oxygen atoms in total. The van der Waals surface area contributed by atoms with E-state index >= 15 is 0 Å². The highest BCUT2D eigenvalue weighted by Gasteiger charge is 2.07. The number of benzene rings is 2. The van der Waals surface area contributed by atoms with Crippen molar-refractivity contribution in [3.63, 3.8) is 0 Å². The van der Waals surface area contributed by atoms with Crippen molar-refractivity contribution in [2.45, 2.75) is 13.0 Å². The summed E-state index contributed by atoms with van der Waals surface area (Å²) in [5.74, 6) is -0.112. The molecule has 0 radical (unpaired) electrons. The largest absolute Gasteiger partial charge is 0.486 e. The van der Waals surface area contributed by atoms with Crippen LogP contribution in [-0.2, 0) is 17.8 Å². The average molecular weight is 325 g/mol. The number of aliphatic carboxylic acids is 1. The summed E-state index contributed by atoms with van der Waals surface area (Å²) in [6.45, 7) is 0.342. The molecule has 0 atom stereocenters. The molecule has 0 bridgehead atoms. The van der Waals surface area contributed by atoms with E-state index in [1.165, 1.54) is 11.3 Å². The lowest BCUT2D eigenvalue weighted by atomic mass is 10.1. The number of thiazole rings is 1. The summed E-state index contributed by atoms with van der Waals surface area (Å²) < 4.78 is 5.70. The molecule has 0 aliphatic heterocycles. The lowest BCUT2D eigenvalue weighted by Gasteiger charge is -2.06. The third-order valence-corrected chi connectivity index (χ3v) is 4.13. The van der Waals surface area contributed by atoms with E-state index < -0.39 is 5.97 Å². The van der Waals surface area contributed by atoms with Gasteiger partial charge in [-0.3, -0.25) is 4.79 Å². The summed E-state index contributed by atoms with van der Waals surface area (Å²) >= 11 is 1.41. The summed E-state index contributed by atoms with van der Waals surface area (Å²) in [4.78, 5) is 14.9. The van der Waals surface area contributed by atoms with E-state index in [0.29, 0.717) is 12.3 Å². The maximum Gasteiger partial charge on any atom is 0.309 e. The van der Waals surface area contributed by atoms with Crippen LogP contribution in [-0.4, -0.2) is 16.1 Å². The molecule has 0 unspecified atom stereocenters. The molecule has 1 aromatic heterocycles. The SMILES string of the molecule is O=C(O)Cc1csc(COc2ccc(-c3ccccc3)cc2)n1. The standard InChI is InChI=1S/C18H15NO3S/c20-18(21)10-15-12-23-17(19-15)11-22-16-8-6-14(7-9-16)13-4-2-1-3-5-13/h1-9,12H,10-11H2,(H,20,21). The molecule has 0 saturated heterocycles. The van der Waals surface area contributed by atoms with Crippen LogP contribution in [0.1, 0.15) is 10.7 Å². The number of hydrogen-bond acceptors (Lipinski definition) is 4. The van der Waals surface area contributed by atoms with Crippen molar-refractivity contribution in [3.8, 4) is 16.9 Å². The third kappa shape index (κ3) is 4.17. The van der Waals surface area contributed by atoms with Gasteiger partial charge in [0, 0.05) is 5.38 Å². The molecule has 0 spiro atoms. The highest BCUT2D eigenvalue weighted by atomic mass is 32.1. The second-order valence-electron chi connectivity index (χ2n) is 4.98. The molecule has 0 aliphatic rings. The number of carbonyl (C=O) groups is 1. The first-order chi connectivity index (χ1) is 11.2. The predicted molar refractivity (Wildman–Crippen MR) is 89.7 cm³/mol. The van der Waals surface area contributed by atoms with E-state index in [4.69, 9.17) is 9.84 Å². The van der Waals surface area contributed by atoms with Crippen molar-refractivity contribution in [2.24, 2.45) is 0 Å². The number of hydrogen-bond donors (Lipinski definition) is 1. The first kappa shape index (κ1) is 15.2. The van der Waals surface area contributed by atoms with Gasteiger partial charge < -0.3 is 9.84 Å². The van der Waals surface area contributed by atoms with Crippen LogP contribution < -0.4 is 4.74 Å². The Morgan fingerprint density at radius 1 is 1.04 bits per heavy atom. The molecule has 116 valence electrons. The monoisotopic (exact) mass is 325 g/mol. The molecule has 3 aromatic rings. The van der Waals surface area contributed by atoms with Crippen LogP contribution in [0, 0.1) is 0 Å². The van der Waals surface area contributed by atoms with Crippen LogP contribution in [0.25, 0.3) is 11.1 Å². The van der Waals surface area contributed by atoms with Gasteiger partial charge in [-0.15, -0.1) is 11.3 Å². The Morgan fingerprint density at radius 3 is 2.43 bits per heavy atom. The van der Waals surface area contributed by atoms with Gasteiger partial charge in [0.25, 0.3) is 0 Å². The third-order valence-electron chi connectivity index (χ3n) is 3.26. The van der Waals surface area contributed by atoms with Crippen molar-refractivity contribution in [3.05, 3.63) is 70.7 Å². The molecule has 1 heterocycles. The summed E-state index contributed by atoms with van der Waals surface area (Å²) in [7, 11) is 0. The molecule has 23 heavy (non-hydrogen) atoms. The number of ether oxygens (including phenoxy) is 1. The Morgan fingerprint density at radius 2 is 1.74 bits per heavy atom. The minimum atomic E-state index is -0.876. The zero-order chi connectivity index (χ0) is 16.1. The van der Waals surface area contributed by atoms with Gasteiger partial charge in [-0.05, 0) is 23.3 Å². The zero-order valence-corrected chi connectivity index (χ0v) is 13.1. The van der Waals surface area contributed by atoms with Gasteiger partial charge in [-0.2, -0.15) is 0 Å². The first-order valence-electron chi connectivity index (χ1n) is 7.14. The molecule has 3 rings (SSSR count). The molecule has 0 saturated carbocycles. The number of carboxylic acid groups (broad SMARTS) is 1. The second kappa shape index (κ2) is 7.07. The van der Waals surface area contributed by atoms with E-state index in [1.54, 1.807) is 5.38 Å². The lowest BCUT2D eigenvalue weighted by molar-refractivity contribution is -0.136. The molecule has 0 fully saturated rings. The molecule has 2 aromatic carbocycles. The van der Waals surface area contributed by atoms with E-state index in [0.717, 1.165) is 21.9 Å². The van der Waals surface area contributed by atoms with Crippen LogP contribution in [0.5, 0.6) is 5.75 Å². The van der Waals surface area contributed by atoms with Gasteiger partial charge in [0.05, 0.1) is 12.1 Å². The van der Waals surface area contributed by atoms with E-state index in [2.05, 4.69) is 17.1 Å². The van der Waals surface area contributed by atoms with Crippen molar-refractivity contribution in [2.75, 3.05) is 0 Å². The van der Waals surface area contributed by atoms with Crippen LogP contribution in [0.3, 0.4) is 0 Å². The van der Waals surface area contributed by atoms with Crippen molar-refractivity contribution < 1.29 is 14.6 Å². The highest BCUT2D eigenvalue weighted by Crippen LogP contribution is 2.23. The lowest BCUT2D eigenvalue weighted by Crippen LogP contribution is -2.01. The van der Waals surface area contributed by atoms with Crippen molar-refractivity contribution in [1.82, 2.24) is 4.98 Å². The summed E-state index contributed by atoms with van der Waals surface area (Å²) in [6.07, 6.45) is -0.0533. The van der Waals surface area contributed by atoms with E-state index in [1.807, 2.05) is 42.5 Å². The van der Waals surface area contributed by atoms with Gasteiger partial charge in [0.2, 0.25) is 0 Å². The quantitative estimate of drug-likeness (QED) is 0.744.